The van der Waals surface area contributed by atoms with Gasteiger partial charge in [0.2, 0.25) is 0 Å². The second-order valence-corrected chi connectivity index (χ2v) is 6.29. The molecule has 0 bridgehead atoms. The molecule has 0 N–H and O–H groups in total. The third kappa shape index (κ3) is 3.00. The van der Waals surface area contributed by atoms with Gasteiger partial charge in [0.25, 0.3) is 0 Å². The van der Waals surface area contributed by atoms with Crippen molar-refractivity contribution in [3.63, 3.8) is 0 Å². The molecule has 1 spiro atoms. The van der Waals surface area contributed by atoms with Crippen LogP contribution in [0.15, 0.2) is 0 Å². The Morgan fingerprint density at radius 3 is 2.42 bits per heavy atom. The molecule has 0 aromatic carbocycles. The molecule has 1 aliphatic heterocycles. The van der Waals surface area contributed by atoms with E-state index in [1.165, 1.54) is 4.90 Å². The summed E-state index contributed by atoms with van der Waals surface area (Å²) in [7, 11) is 0. The van der Waals surface area contributed by atoms with Gasteiger partial charge >= 0.3 is 6.09 Å². The lowest BCUT2D eigenvalue weighted by atomic mass is 9.78. The highest BCUT2D eigenvalue weighted by Gasteiger charge is 2.47. The number of hydrogen-bond acceptors (Lipinski definition) is 5. The van der Waals surface area contributed by atoms with E-state index in [1.807, 2.05) is 0 Å². The first-order valence-corrected chi connectivity index (χ1v) is 6.57. The molecule has 6 nitrogen and oxygen atoms in total. The normalized spacial score (nSPS) is 25.8. The van der Waals surface area contributed by atoms with Gasteiger partial charge in [-0.3, -0.25) is 4.90 Å². The fourth-order valence-corrected chi connectivity index (χ4v) is 2.39. The maximum absolute atomic E-state index is 12.1. The fraction of sp³-hybridized carbons (Fsp3) is 0.846. The van der Waals surface area contributed by atoms with Gasteiger partial charge in [0.05, 0.1) is 30.8 Å². The lowest BCUT2D eigenvalue weighted by Gasteiger charge is -2.51. The molecule has 0 aromatic heterocycles. The quantitative estimate of drug-likeness (QED) is 0.684. The molecule has 0 radical (unpaired) electrons. The van der Waals surface area contributed by atoms with Crippen molar-refractivity contribution < 1.29 is 24.2 Å². The van der Waals surface area contributed by atoms with E-state index in [2.05, 4.69) is 0 Å². The van der Waals surface area contributed by atoms with Gasteiger partial charge in [0, 0.05) is 0 Å². The Morgan fingerprint density at radius 2 is 2.00 bits per heavy atom. The number of hydrogen-bond donors (Lipinski definition) is 0. The zero-order valence-electron chi connectivity index (χ0n) is 11.6. The number of nitrogens with zero attached hydrogens (tertiary/aromatic N) is 1. The van der Waals surface area contributed by atoms with Gasteiger partial charge in [0.15, 0.2) is 0 Å². The first-order chi connectivity index (χ1) is 8.72. The van der Waals surface area contributed by atoms with Gasteiger partial charge in [-0.15, -0.1) is 0 Å². The summed E-state index contributed by atoms with van der Waals surface area (Å²) in [6, 6.07) is -1.07. The maximum atomic E-state index is 12.1. The molecular formula is C13H20NO5-. The molecule has 1 atom stereocenters. The van der Waals surface area contributed by atoms with Crippen molar-refractivity contribution in [2.75, 3.05) is 13.2 Å². The monoisotopic (exact) mass is 270 g/mol. The first-order valence-electron chi connectivity index (χ1n) is 6.57. The topological polar surface area (TPSA) is 78.9 Å². The predicted octanol–water partition coefficient (Wildman–Crippen LogP) is 0.295. The molecule has 0 aromatic rings. The minimum Gasteiger partial charge on any atom is -0.548 e. The van der Waals surface area contributed by atoms with Gasteiger partial charge < -0.3 is 19.4 Å². The summed E-state index contributed by atoms with van der Waals surface area (Å²) >= 11 is 0. The second-order valence-electron chi connectivity index (χ2n) is 6.29. The van der Waals surface area contributed by atoms with Gasteiger partial charge in [0.1, 0.15) is 5.60 Å². The Kier molecular flexibility index (Phi) is 3.47. The molecular weight excluding hydrogens is 250 g/mol. The van der Waals surface area contributed by atoms with Crippen LogP contribution in [0.2, 0.25) is 0 Å². The molecule has 2 rings (SSSR count). The number of amides is 1. The van der Waals surface area contributed by atoms with Crippen LogP contribution < -0.4 is 5.11 Å². The second kappa shape index (κ2) is 4.67. The van der Waals surface area contributed by atoms with E-state index in [9.17, 15) is 14.7 Å². The van der Waals surface area contributed by atoms with Crippen LogP contribution in [0.3, 0.4) is 0 Å². The van der Waals surface area contributed by atoms with Crippen molar-refractivity contribution in [1.82, 2.24) is 4.90 Å². The van der Waals surface area contributed by atoms with Crippen LogP contribution >= 0.6 is 0 Å². The zero-order valence-corrected chi connectivity index (χ0v) is 11.6. The number of carboxylic acids is 1. The van der Waals surface area contributed by atoms with Crippen LogP contribution in [0.5, 0.6) is 0 Å². The van der Waals surface area contributed by atoms with E-state index in [0.29, 0.717) is 0 Å². The first kappa shape index (κ1) is 14.1. The zero-order chi connectivity index (χ0) is 14.3. The summed E-state index contributed by atoms with van der Waals surface area (Å²) in [5.41, 5.74) is -1.03. The van der Waals surface area contributed by atoms with Crippen LogP contribution in [-0.2, 0) is 14.3 Å². The van der Waals surface area contributed by atoms with E-state index in [-0.39, 0.29) is 18.8 Å². The molecule has 1 amide bonds. The molecule has 1 heterocycles. The molecule has 1 unspecified atom stereocenters. The van der Waals surface area contributed by atoms with Gasteiger partial charge in [-0.05, 0) is 40.0 Å². The fourth-order valence-electron chi connectivity index (χ4n) is 2.39. The summed E-state index contributed by atoms with van der Waals surface area (Å²) in [4.78, 5) is 24.5. The third-order valence-electron chi connectivity index (χ3n) is 3.55. The van der Waals surface area contributed by atoms with Crippen LogP contribution in [0, 0.1) is 0 Å². The minimum absolute atomic E-state index is 0.0262. The molecule has 1 saturated heterocycles. The number of carbonyl (C=O) groups excluding carboxylic acids is 2. The van der Waals surface area contributed by atoms with E-state index in [0.717, 1.165) is 19.3 Å². The van der Waals surface area contributed by atoms with Crippen molar-refractivity contribution in [3.05, 3.63) is 0 Å². The van der Waals surface area contributed by atoms with Gasteiger partial charge in [-0.25, -0.2) is 4.79 Å². The molecule has 6 heteroatoms. The average molecular weight is 270 g/mol. The highest BCUT2D eigenvalue weighted by atomic mass is 16.6. The lowest BCUT2D eigenvalue weighted by molar-refractivity contribution is -0.317. The predicted molar refractivity (Wildman–Crippen MR) is 64.3 cm³/mol. The van der Waals surface area contributed by atoms with Crippen molar-refractivity contribution in [2.45, 2.75) is 57.3 Å². The molecule has 108 valence electrons. The summed E-state index contributed by atoms with van der Waals surface area (Å²) < 4.78 is 10.9. The number of carboxylic acid groups (broad SMARTS) is 1. The van der Waals surface area contributed by atoms with E-state index >= 15 is 0 Å². The highest BCUT2D eigenvalue weighted by molar-refractivity contribution is 5.79. The SMILES string of the molecule is CC(C)(C)OC(=O)N1CC2(CCC2)OCC1C(=O)[O-]. The van der Waals surface area contributed by atoms with Crippen LogP contribution in [0.25, 0.3) is 0 Å². The number of ether oxygens (including phenoxy) is 2. The van der Waals surface area contributed by atoms with Crippen molar-refractivity contribution in [3.8, 4) is 0 Å². The molecule has 2 aliphatic rings. The molecule has 1 aliphatic carbocycles. The lowest BCUT2D eigenvalue weighted by Crippen LogP contribution is -2.65. The largest absolute Gasteiger partial charge is 0.548 e. The maximum Gasteiger partial charge on any atom is 0.411 e. The Morgan fingerprint density at radius 1 is 1.37 bits per heavy atom. The third-order valence-corrected chi connectivity index (χ3v) is 3.55. The van der Waals surface area contributed by atoms with E-state index < -0.39 is 23.7 Å². The van der Waals surface area contributed by atoms with Crippen LogP contribution in [0.4, 0.5) is 4.79 Å². The number of carbonyl (C=O) groups is 2. The molecule has 19 heavy (non-hydrogen) atoms. The van der Waals surface area contributed by atoms with Crippen LogP contribution in [0.1, 0.15) is 40.0 Å². The Bertz CT molecular complexity index is 383. The van der Waals surface area contributed by atoms with Crippen LogP contribution in [-0.4, -0.2) is 47.4 Å². The Balaban J connectivity index is 2.11. The number of rotatable bonds is 1. The summed E-state index contributed by atoms with van der Waals surface area (Å²) in [5.74, 6) is -1.31. The minimum atomic E-state index is -1.31. The smallest absolute Gasteiger partial charge is 0.411 e. The van der Waals surface area contributed by atoms with Crippen molar-refractivity contribution in [1.29, 1.82) is 0 Å². The molecule has 2 fully saturated rings. The summed E-state index contributed by atoms with van der Waals surface area (Å²) in [5, 5.41) is 11.1. The highest BCUT2D eigenvalue weighted by Crippen LogP contribution is 2.39. The van der Waals surface area contributed by atoms with Crippen molar-refractivity contribution in [2.24, 2.45) is 0 Å². The Hall–Kier alpha value is -1.30. The number of morpholine rings is 1. The van der Waals surface area contributed by atoms with Crippen molar-refractivity contribution >= 4 is 12.1 Å². The molecule has 1 saturated carbocycles. The van der Waals surface area contributed by atoms with E-state index in [4.69, 9.17) is 9.47 Å². The number of aliphatic carboxylic acids is 1. The van der Waals surface area contributed by atoms with Gasteiger partial charge in [-0.1, -0.05) is 0 Å². The standard InChI is InChI=1S/C13H21NO5/c1-12(2,3)19-11(17)14-8-13(5-4-6-13)18-7-9(14)10(15)16/h9H,4-8H2,1-3H3,(H,15,16)/p-1. The summed E-state index contributed by atoms with van der Waals surface area (Å²) in [6.07, 6.45) is 2.13. The summed E-state index contributed by atoms with van der Waals surface area (Å²) in [6.45, 7) is 5.48. The van der Waals surface area contributed by atoms with E-state index in [1.54, 1.807) is 20.8 Å². The average Bonchev–Trinajstić information content (AvgIpc) is 2.23. The Labute approximate surface area is 112 Å². The van der Waals surface area contributed by atoms with Gasteiger partial charge in [-0.2, -0.15) is 0 Å².